The first-order valence-corrected chi connectivity index (χ1v) is 7.79. The average Bonchev–Trinajstić information content (AvgIpc) is 3.06. The summed E-state index contributed by atoms with van der Waals surface area (Å²) in [6.45, 7) is 0. The molecule has 2 aromatic heterocycles. The van der Waals surface area contributed by atoms with E-state index in [1.165, 1.54) is 24.6 Å². The Labute approximate surface area is 130 Å². The Balaban J connectivity index is 1.88. The van der Waals surface area contributed by atoms with Gasteiger partial charge in [-0.25, -0.2) is 9.67 Å². The van der Waals surface area contributed by atoms with Crippen LogP contribution in [-0.2, 0) is 0 Å². The number of tetrazole rings is 1. The first-order valence-electron chi connectivity index (χ1n) is 6.22. The van der Waals surface area contributed by atoms with E-state index in [2.05, 4.69) is 20.5 Å². The molecule has 0 bridgehead atoms. The third-order valence-electron chi connectivity index (χ3n) is 3.25. The molecule has 106 valence electrons. The fourth-order valence-corrected chi connectivity index (χ4v) is 3.56. The molecule has 2 N–H and O–H groups in total. The standard InChI is InChI=1S/C11H12Cl2N6S/c12-7-5-8(13)10(15-9(7)14)20-11-16-17-18-19(11)6-3-1-2-4-6/h5-6H,1-4H2,(H2,14,15). The van der Waals surface area contributed by atoms with Gasteiger partial charge in [-0.2, -0.15) is 0 Å². The second-order valence-corrected chi connectivity index (χ2v) is 6.36. The minimum atomic E-state index is 0.249. The lowest BCUT2D eigenvalue weighted by Crippen LogP contribution is -2.08. The number of halogens is 2. The number of hydrogen-bond acceptors (Lipinski definition) is 6. The molecule has 2 heterocycles. The van der Waals surface area contributed by atoms with Crippen LogP contribution in [0.15, 0.2) is 16.2 Å². The van der Waals surface area contributed by atoms with Crippen molar-refractivity contribution in [3.05, 3.63) is 16.1 Å². The molecule has 0 amide bonds. The summed E-state index contributed by atoms with van der Waals surface area (Å²) in [5.74, 6) is 0.249. The van der Waals surface area contributed by atoms with E-state index in [-0.39, 0.29) is 5.82 Å². The largest absolute Gasteiger partial charge is 0.382 e. The molecule has 0 saturated heterocycles. The maximum Gasteiger partial charge on any atom is 0.215 e. The minimum Gasteiger partial charge on any atom is -0.382 e. The Morgan fingerprint density at radius 2 is 2.00 bits per heavy atom. The molecule has 3 rings (SSSR count). The first kappa shape index (κ1) is 13.9. The van der Waals surface area contributed by atoms with Gasteiger partial charge in [-0.1, -0.05) is 36.0 Å². The molecule has 20 heavy (non-hydrogen) atoms. The van der Waals surface area contributed by atoms with E-state index >= 15 is 0 Å². The zero-order chi connectivity index (χ0) is 14.1. The first-order chi connectivity index (χ1) is 9.65. The van der Waals surface area contributed by atoms with Crippen molar-refractivity contribution in [3.8, 4) is 0 Å². The lowest BCUT2D eigenvalue weighted by molar-refractivity contribution is 0.423. The van der Waals surface area contributed by atoms with Crippen molar-refractivity contribution < 1.29 is 0 Å². The number of rotatable bonds is 3. The van der Waals surface area contributed by atoms with Gasteiger partial charge in [-0.3, -0.25) is 0 Å². The summed E-state index contributed by atoms with van der Waals surface area (Å²) in [6, 6.07) is 1.94. The summed E-state index contributed by atoms with van der Waals surface area (Å²) < 4.78 is 1.85. The van der Waals surface area contributed by atoms with Crippen molar-refractivity contribution in [2.75, 3.05) is 5.73 Å². The minimum absolute atomic E-state index is 0.249. The molecule has 2 aromatic rings. The summed E-state index contributed by atoms with van der Waals surface area (Å²) in [4.78, 5) is 4.18. The van der Waals surface area contributed by atoms with E-state index in [9.17, 15) is 0 Å². The van der Waals surface area contributed by atoms with Gasteiger partial charge in [0.1, 0.15) is 10.8 Å². The van der Waals surface area contributed by atoms with Gasteiger partial charge in [-0.05, 0) is 41.1 Å². The Morgan fingerprint density at radius 1 is 1.25 bits per heavy atom. The molecule has 6 nitrogen and oxygen atoms in total. The highest BCUT2D eigenvalue weighted by Crippen LogP contribution is 2.37. The van der Waals surface area contributed by atoms with Crippen LogP contribution < -0.4 is 5.73 Å². The number of nitrogens with two attached hydrogens (primary N) is 1. The van der Waals surface area contributed by atoms with Gasteiger partial charge in [0.25, 0.3) is 0 Å². The van der Waals surface area contributed by atoms with Gasteiger partial charge in [0.2, 0.25) is 5.16 Å². The van der Waals surface area contributed by atoms with Crippen molar-refractivity contribution in [3.63, 3.8) is 0 Å². The van der Waals surface area contributed by atoms with Crippen LogP contribution in [0.25, 0.3) is 0 Å². The summed E-state index contributed by atoms with van der Waals surface area (Å²) in [6.07, 6.45) is 4.62. The molecule has 1 fully saturated rings. The second kappa shape index (κ2) is 5.75. The highest BCUT2D eigenvalue weighted by atomic mass is 35.5. The van der Waals surface area contributed by atoms with Crippen LogP contribution in [0.5, 0.6) is 0 Å². The summed E-state index contributed by atoms with van der Waals surface area (Å²) in [7, 11) is 0. The molecule has 0 radical (unpaired) electrons. The maximum atomic E-state index is 6.13. The van der Waals surface area contributed by atoms with Gasteiger partial charge in [-0.15, -0.1) is 5.10 Å². The Bertz CT molecular complexity index is 625. The predicted octanol–water partition coefficient (Wildman–Crippen LogP) is 3.22. The summed E-state index contributed by atoms with van der Waals surface area (Å²) in [5.41, 5.74) is 5.71. The SMILES string of the molecule is Nc1nc(Sc2nnnn2C2CCCC2)c(Cl)cc1Cl. The number of anilines is 1. The van der Waals surface area contributed by atoms with E-state index in [0.29, 0.717) is 26.3 Å². The highest BCUT2D eigenvalue weighted by Gasteiger charge is 2.23. The smallest absolute Gasteiger partial charge is 0.215 e. The lowest BCUT2D eigenvalue weighted by atomic mass is 10.3. The molecular weight excluding hydrogens is 319 g/mol. The molecule has 1 aliphatic rings. The predicted molar refractivity (Wildman–Crippen MR) is 78.1 cm³/mol. The van der Waals surface area contributed by atoms with Gasteiger partial charge < -0.3 is 5.73 Å². The van der Waals surface area contributed by atoms with E-state index in [1.54, 1.807) is 6.07 Å². The van der Waals surface area contributed by atoms with Gasteiger partial charge >= 0.3 is 0 Å². The van der Waals surface area contributed by atoms with Crippen LogP contribution in [0.2, 0.25) is 10.0 Å². The normalized spacial score (nSPS) is 15.9. The number of nitrogen functional groups attached to an aromatic ring is 1. The quantitative estimate of drug-likeness (QED) is 0.930. The zero-order valence-electron chi connectivity index (χ0n) is 10.5. The molecule has 0 aromatic carbocycles. The van der Waals surface area contributed by atoms with Crippen LogP contribution >= 0.6 is 35.0 Å². The second-order valence-electron chi connectivity index (χ2n) is 4.59. The third-order valence-corrected chi connectivity index (χ3v) is 4.90. The molecule has 0 atom stereocenters. The maximum absolute atomic E-state index is 6.13. The van der Waals surface area contributed by atoms with Crippen LogP contribution in [0.1, 0.15) is 31.7 Å². The Morgan fingerprint density at radius 3 is 2.75 bits per heavy atom. The fraction of sp³-hybridized carbons (Fsp3) is 0.455. The van der Waals surface area contributed by atoms with Crippen LogP contribution in [-0.4, -0.2) is 25.2 Å². The molecule has 0 unspecified atom stereocenters. The van der Waals surface area contributed by atoms with Gasteiger partial charge in [0.05, 0.1) is 16.1 Å². The summed E-state index contributed by atoms with van der Waals surface area (Å²) in [5, 5.41) is 13.9. The Hall–Kier alpha value is -1.05. The van der Waals surface area contributed by atoms with Crippen molar-refractivity contribution in [2.45, 2.75) is 41.9 Å². The molecular formula is C11H12Cl2N6S. The van der Waals surface area contributed by atoms with Crippen molar-refractivity contribution in [1.29, 1.82) is 0 Å². The van der Waals surface area contributed by atoms with E-state index < -0.39 is 0 Å². The van der Waals surface area contributed by atoms with Crippen molar-refractivity contribution in [2.24, 2.45) is 0 Å². The van der Waals surface area contributed by atoms with Crippen molar-refractivity contribution >= 4 is 40.8 Å². The Kier molecular flexibility index (Phi) is 4.00. The fourth-order valence-electron chi connectivity index (χ4n) is 2.25. The van der Waals surface area contributed by atoms with E-state index in [1.807, 2.05) is 4.68 Å². The summed E-state index contributed by atoms with van der Waals surface area (Å²) >= 11 is 13.3. The van der Waals surface area contributed by atoms with E-state index in [4.69, 9.17) is 28.9 Å². The molecule has 1 aliphatic carbocycles. The number of aromatic nitrogens is 5. The highest BCUT2D eigenvalue weighted by molar-refractivity contribution is 7.99. The van der Waals surface area contributed by atoms with Crippen LogP contribution in [0.4, 0.5) is 5.82 Å². The van der Waals surface area contributed by atoms with Crippen molar-refractivity contribution in [1.82, 2.24) is 25.2 Å². The average molecular weight is 331 g/mol. The van der Waals surface area contributed by atoms with Gasteiger partial charge in [0.15, 0.2) is 0 Å². The van der Waals surface area contributed by atoms with Crippen LogP contribution in [0.3, 0.4) is 0 Å². The molecule has 0 aliphatic heterocycles. The van der Waals surface area contributed by atoms with Crippen LogP contribution in [0, 0.1) is 0 Å². The third kappa shape index (κ3) is 2.70. The van der Waals surface area contributed by atoms with Gasteiger partial charge in [0, 0.05) is 0 Å². The zero-order valence-corrected chi connectivity index (χ0v) is 12.8. The molecule has 1 saturated carbocycles. The molecule has 0 spiro atoms. The van der Waals surface area contributed by atoms with E-state index in [0.717, 1.165) is 12.8 Å². The monoisotopic (exact) mass is 330 g/mol. The lowest BCUT2D eigenvalue weighted by Gasteiger charge is -2.11. The number of pyridine rings is 1. The number of hydrogen-bond donors (Lipinski definition) is 1. The topological polar surface area (TPSA) is 82.5 Å². The molecule has 9 heteroatoms. The number of nitrogens with zero attached hydrogens (tertiary/aromatic N) is 5.